The van der Waals surface area contributed by atoms with Gasteiger partial charge in [-0.15, -0.1) is 0 Å². The molecular formula is C14H18BrNO4. The number of nitrogens with one attached hydrogen (secondary N) is 1. The van der Waals surface area contributed by atoms with Gasteiger partial charge in [-0.2, -0.15) is 0 Å². The molecule has 0 saturated heterocycles. The van der Waals surface area contributed by atoms with Gasteiger partial charge in [-0.1, -0.05) is 6.92 Å². The second-order valence-electron chi connectivity index (χ2n) is 4.27. The Kier molecular flexibility index (Phi) is 5.25. The molecule has 0 fully saturated rings. The van der Waals surface area contributed by atoms with E-state index in [9.17, 15) is 4.79 Å². The summed E-state index contributed by atoms with van der Waals surface area (Å²) in [5.41, 5.74) is 0.793. The zero-order chi connectivity index (χ0) is 14.5. The third-order valence-electron chi connectivity index (χ3n) is 2.88. The van der Waals surface area contributed by atoms with Crippen LogP contribution in [0.5, 0.6) is 11.5 Å². The van der Waals surface area contributed by atoms with Gasteiger partial charge >= 0.3 is 5.97 Å². The molecule has 0 aromatic heterocycles. The number of benzene rings is 1. The number of ether oxygens (including phenoxy) is 3. The standard InChI is InChI=1S/C14H18BrNO4/c1-3-16-12(14(17)18-4-2)9-7-10(15)13-11(8-9)19-5-6-20-13/h7-8,12,16H,3-6H2,1-2H3. The molecule has 0 amide bonds. The van der Waals surface area contributed by atoms with E-state index in [2.05, 4.69) is 21.2 Å². The second-order valence-corrected chi connectivity index (χ2v) is 5.12. The quantitative estimate of drug-likeness (QED) is 0.832. The Morgan fingerprint density at radius 3 is 2.85 bits per heavy atom. The fourth-order valence-corrected chi connectivity index (χ4v) is 2.64. The highest BCUT2D eigenvalue weighted by atomic mass is 79.9. The maximum Gasteiger partial charge on any atom is 0.327 e. The minimum atomic E-state index is -0.507. The summed E-state index contributed by atoms with van der Waals surface area (Å²) in [6.45, 7) is 5.79. The summed E-state index contributed by atoms with van der Waals surface area (Å²) in [6, 6.07) is 3.17. The highest BCUT2D eigenvalue weighted by molar-refractivity contribution is 9.10. The van der Waals surface area contributed by atoms with Gasteiger partial charge < -0.3 is 19.5 Å². The van der Waals surface area contributed by atoms with Crippen molar-refractivity contribution < 1.29 is 19.0 Å². The van der Waals surface area contributed by atoms with Gasteiger partial charge in [0.2, 0.25) is 0 Å². The van der Waals surface area contributed by atoms with Crippen LogP contribution in [0.2, 0.25) is 0 Å². The van der Waals surface area contributed by atoms with E-state index in [4.69, 9.17) is 14.2 Å². The number of hydrogen-bond donors (Lipinski definition) is 1. The molecule has 110 valence electrons. The summed E-state index contributed by atoms with van der Waals surface area (Å²) in [5.74, 6) is 1.03. The first-order chi connectivity index (χ1) is 9.67. The molecule has 20 heavy (non-hydrogen) atoms. The lowest BCUT2D eigenvalue weighted by molar-refractivity contribution is -0.145. The molecule has 1 aromatic rings. The third-order valence-corrected chi connectivity index (χ3v) is 3.47. The molecule has 1 heterocycles. The molecule has 1 aromatic carbocycles. The summed E-state index contributed by atoms with van der Waals surface area (Å²) in [7, 11) is 0. The molecule has 0 aliphatic carbocycles. The van der Waals surface area contributed by atoms with Gasteiger partial charge in [0.25, 0.3) is 0 Å². The van der Waals surface area contributed by atoms with Gasteiger partial charge in [-0.25, -0.2) is 4.79 Å². The number of rotatable bonds is 5. The van der Waals surface area contributed by atoms with E-state index < -0.39 is 6.04 Å². The van der Waals surface area contributed by atoms with Gasteiger partial charge in [-0.05, 0) is 47.1 Å². The molecule has 1 aliphatic heterocycles. The average Bonchev–Trinajstić information content (AvgIpc) is 2.45. The van der Waals surface area contributed by atoms with Gasteiger partial charge in [-0.3, -0.25) is 0 Å². The molecular weight excluding hydrogens is 326 g/mol. The topological polar surface area (TPSA) is 56.8 Å². The molecule has 1 unspecified atom stereocenters. The van der Waals surface area contributed by atoms with Crippen LogP contribution in [-0.2, 0) is 9.53 Å². The Hall–Kier alpha value is -1.27. The number of fused-ring (bicyclic) bond motifs is 1. The van der Waals surface area contributed by atoms with E-state index in [1.165, 1.54) is 0 Å². The number of halogens is 1. The molecule has 1 atom stereocenters. The second kappa shape index (κ2) is 6.95. The van der Waals surface area contributed by atoms with Crippen molar-refractivity contribution in [3.8, 4) is 11.5 Å². The monoisotopic (exact) mass is 343 g/mol. The molecule has 5 nitrogen and oxygen atoms in total. The van der Waals surface area contributed by atoms with Crippen molar-refractivity contribution in [1.82, 2.24) is 5.32 Å². The van der Waals surface area contributed by atoms with Crippen molar-refractivity contribution in [2.75, 3.05) is 26.4 Å². The van der Waals surface area contributed by atoms with Crippen LogP contribution < -0.4 is 14.8 Å². The summed E-state index contributed by atoms with van der Waals surface area (Å²) in [5, 5.41) is 3.13. The van der Waals surface area contributed by atoms with E-state index >= 15 is 0 Å². The number of carbonyl (C=O) groups is 1. The average molecular weight is 344 g/mol. The van der Waals surface area contributed by atoms with Crippen LogP contribution in [0.15, 0.2) is 16.6 Å². The van der Waals surface area contributed by atoms with Crippen LogP contribution in [-0.4, -0.2) is 32.3 Å². The maximum atomic E-state index is 12.0. The lowest BCUT2D eigenvalue weighted by atomic mass is 10.1. The molecule has 6 heteroatoms. The summed E-state index contributed by atoms with van der Waals surface area (Å²) < 4.78 is 17.0. The predicted molar refractivity (Wildman–Crippen MR) is 78.2 cm³/mol. The number of esters is 1. The predicted octanol–water partition coefficient (Wildman–Crippen LogP) is 2.43. The SMILES string of the molecule is CCNC(C(=O)OCC)c1cc(Br)c2c(c1)OCCO2. The Morgan fingerprint density at radius 2 is 2.15 bits per heavy atom. The zero-order valence-corrected chi connectivity index (χ0v) is 13.2. The van der Waals surface area contributed by atoms with Crippen LogP contribution in [0.1, 0.15) is 25.5 Å². The van der Waals surface area contributed by atoms with Crippen molar-refractivity contribution in [2.45, 2.75) is 19.9 Å². The largest absolute Gasteiger partial charge is 0.486 e. The summed E-state index contributed by atoms with van der Waals surface area (Å²) >= 11 is 3.46. The van der Waals surface area contributed by atoms with Crippen molar-refractivity contribution in [3.05, 3.63) is 22.2 Å². The van der Waals surface area contributed by atoms with E-state index in [-0.39, 0.29) is 5.97 Å². The van der Waals surface area contributed by atoms with Gasteiger partial charge in [0.1, 0.15) is 19.3 Å². The first-order valence-electron chi connectivity index (χ1n) is 6.66. The molecule has 0 bridgehead atoms. The summed E-state index contributed by atoms with van der Waals surface area (Å²) in [4.78, 5) is 12.0. The van der Waals surface area contributed by atoms with E-state index in [0.29, 0.717) is 37.9 Å². The number of likely N-dealkylation sites (N-methyl/N-ethyl adjacent to an activating group) is 1. The number of hydrogen-bond acceptors (Lipinski definition) is 5. The van der Waals surface area contributed by atoms with Gasteiger partial charge in [0.15, 0.2) is 11.5 Å². The normalized spacial score (nSPS) is 14.8. The third kappa shape index (κ3) is 3.24. The Labute approximate surface area is 126 Å². The lowest BCUT2D eigenvalue weighted by Crippen LogP contribution is -2.30. The highest BCUT2D eigenvalue weighted by Crippen LogP contribution is 2.40. The molecule has 1 aliphatic rings. The number of carbonyl (C=O) groups excluding carboxylic acids is 1. The van der Waals surface area contributed by atoms with Crippen LogP contribution in [0.25, 0.3) is 0 Å². The van der Waals surface area contributed by atoms with Crippen molar-refractivity contribution in [2.24, 2.45) is 0 Å². The fraction of sp³-hybridized carbons (Fsp3) is 0.500. The van der Waals surface area contributed by atoms with E-state index in [0.717, 1.165) is 10.0 Å². The Bertz CT molecular complexity index is 492. The summed E-state index contributed by atoms with van der Waals surface area (Å²) in [6.07, 6.45) is 0. The Balaban J connectivity index is 2.33. The van der Waals surface area contributed by atoms with Crippen molar-refractivity contribution in [3.63, 3.8) is 0 Å². The minimum absolute atomic E-state index is 0.294. The van der Waals surface area contributed by atoms with Crippen molar-refractivity contribution >= 4 is 21.9 Å². The first kappa shape index (κ1) is 15.1. The molecule has 0 radical (unpaired) electrons. The molecule has 0 spiro atoms. The highest BCUT2D eigenvalue weighted by Gasteiger charge is 2.25. The van der Waals surface area contributed by atoms with Crippen LogP contribution in [0, 0.1) is 0 Å². The van der Waals surface area contributed by atoms with Crippen LogP contribution in [0.3, 0.4) is 0 Å². The molecule has 2 rings (SSSR count). The Morgan fingerprint density at radius 1 is 1.40 bits per heavy atom. The van der Waals surface area contributed by atoms with E-state index in [1.54, 1.807) is 6.92 Å². The molecule has 0 saturated carbocycles. The van der Waals surface area contributed by atoms with Crippen molar-refractivity contribution in [1.29, 1.82) is 0 Å². The van der Waals surface area contributed by atoms with Crippen LogP contribution >= 0.6 is 15.9 Å². The maximum absolute atomic E-state index is 12.0. The minimum Gasteiger partial charge on any atom is -0.486 e. The fourth-order valence-electron chi connectivity index (χ4n) is 2.06. The first-order valence-corrected chi connectivity index (χ1v) is 7.45. The van der Waals surface area contributed by atoms with Gasteiger partial charge in [0.05, 0.1) is 11.1 Å². The lowest BCUT2D eigenvalue weighted by Gasteiger charge is -2.23. The molecule has 1 N–H and O–H groups in total. The zero-order valence-electron chi connectivity index (χ0n) is 11.6. The smallest absolute Gasteiger partial charge is 0.327 e. The van der Waals surface area contributed by atoms with E-state index in [1.807, 2.05) is 19.1 Å². The van der Waals surface area contributed by atoms with Gasteiger partial charge in [0, 0.05) is 0 Å². The van der Waals surface area contributed by atoms with Crippen LogP contribution in [0.4, 0.5) is 0 Å².